The SMILES string of the molecule is CCCCCC1(c2ccc3c(c2)CCC(C)C3)CCCCC1. The fraction of sp³-hybridized carbons (Fsp3) is 0.727. The van der Waals surface area contributed by atoms with Gasteiger partial charge in [-0.25, -0.2) is 0 Å². The lowest BCUT2D eigenvalue weighted by Gasteiger charge is -2.39. The highest BCUT2D eigenvalue weighted by molar-refractivity contribution is 5.38. The van der Waals surface area contributed by atoms with E-state index >= 15 is 0 Å². The van der Waals surface area contributed by atoms with Crippen molar-refractivity contribution in [2.75, 3.05) is 0 Å². The summed E-state index contributed by atoms with van der Waals surface area (Å²) in [5, 5.41) is 0. The van der Waals surface area contributed by atoms with Gasteiger partial charge in [-0.15, -0.1) is 0 Å². The van der Waals surface area contributed by atoms with Crippen molar-refractivity contribution in [3.63, 3.8) is 0 Å². The largest absolute Gasteiger partial charge is 0.0654 e. The van der Waals surface area contributed by atoms with E-state index in [1.165, 1.54) is 77.0 Å². The minimum atomic E-state index is 0.519. The second-order valence-corrected chi connectivity index (χ2v) is 8.13. The van der Waals surface area contributed by atoms with Crippen molar-refractivity contribution < 1.29 is 0 Å². The van der Waals surface area contributed by atoms with Crippen LogP contribution in [0, 0.1) is 5.92 Å². The molecule has 0 radical (unpaired) electrons. The Morgan fingerprint density at radius 2 is 1.86 bits per heavy atom. The van der Waals surface area contributed by atoms with Crippen molar-refractivity contribution in [3.05, 3.63) is 34.9 Å². The Morgan fingerprint density at radius 1 is 1.05 bits per heavy atom. The molecule has 1 aromatic carbocycles. The van der Waals surface area contributed by atoms with Gasteiger partial charge in [0.15, 0.2) is 0 Å². The number of unbranched alkanes of at least 4 members (excludes halogenated alkanes) is 2. The van der Waals surface area contributed by atoms with Crippen LogP contribution < -0.4 is 0 Å². The van der Waals surface area contributed by atoms with Crippen LogP contribution in [0.1, 0.15) is 94.7 Å². The molecule has 0 spiro atoms. The average Bonchev–Trinajstić information content (AvgIpc) is 2.55. The minimum Gasteiger partial charge on any atom is -0.0654 e. The summed E-state index contributed by atoms with van der Waals surface area (Å²) < 4.78 is 0. The molecule has 0 bridgehead atoms. The molecular formula is C22H34. The Labute approximate surface area is 137 Å². The van der Waals surface area contributed by atoms with E-state index in [1.807, 2.05) is 0 Å². The molecule has 1 saturated carbocycles. The van der Waals surface area contributed by atoms with Crippen LogP contribution in [-0.4, -0.2) is 0 Å². The van der Waals surface area contributed by atoms with Gasteiger partial charge < -0.3 is 0 Å². The lowest BCUT2D eigenvalue weighted by atomic mass is 9.66. The number of fused-ring (bicyclic) bond motifs is 1. The predicted octanol–water partition coefficient (Wildman–Crippen LogP) is 6.59. The Kier molecular flexibility index (Phi) is 5.26. The van der Waals surface area contributed by atoms with E-state index in [4.69, 9.17) is 0 Å². The summed E-state index contributed by atoms with van der Waals surface area (Å²) in [5.41, 5.74) is 5.53. The van der Waals surface area contributed by atoms with Crippen LogP contribution in [0.25, 0.3) is 0 Å². The lowest BCUT2D eigenvalue weighted by molar-refractivity contribution is 0.265. The van der Waals surface area contributed by atoms with E-state index in [1.54, 1.807) is 16.7 Å². The first kappa shape index (κ1) is 16.1. The molecule has 3 rings (SSSR count). The van der Waals surface area contributed by atoms with Crippen molar-refractivity contribution in [3.8, 4) is 0 Å². The highest BCUT2D eigenvalue weighted by Crippen LogP contribution is 2.44. The molecule has 0 heterocycles. The molecule has 0 saturated heterocycles. The van der Waals surface area contributed by atoms with Gasteiger partial charge in [0.1, 0.15) is 0 Å². The number of hydrogen-bond donors (Lipinski definition) is 0. The summed E-state index contributed by atoms with van der Waals surface area (Å²) in [7, 11) is 0. The molecule has 1 atom stereocenters. The second-order valence-electron chi connectivity index (χ2n) is 8.13. The molecular weight excluding hydrogens is 264 g/mol. The molecule has 0 aliphatic heterocycles. The first-order valence-electron chi connectivity index (χ1n) is 9.86. The molecule has 2 aliphatic carbocycles. The normalized spacial score (nSPS) is 24.0. The third-order valence-electron chi connectivity index (χ3n) is 6.36. The highest BCUT2D eigenvalue weighted by Gasteiger charge is 2.33. The first-order chi connectivity index (χ1) is 10.7. The molecule has 1 unspecified atom stereocenters. The molecule has 1 aromatic rings. The lowest BCUT2D eigenvalue weighted by Crippen LogP contribution is -2.29. The molecule has 0 heteroatoms. The zero-order chi connectivity index (χ0) is 15.4. The molecule has 0 aromatic heterocycles. The van der Waals surface area contributed by atoms with Crippen LogP contribution in [-0.2, 0) is 18.3 Å². The second kappa shape index (κ2) is 7.20. The summed E-state index contributed by atoms with van der Waals surface area (Å²) in [6, 6.07) is 7.61. The third kappa shape index (κ3) is 3.42. The van der Waals surface area contributed by atoms with Gasteiger partial charge in [0.2, 0.25) is 0 Å². The van der Waals surface area contributed by atoms with Crippen LogP contribution >= 0.6 is 0 Å². The summed E-state index contributed by atoms with van der Waals surface area (Å²) in [6.07, 6.45) is 16.8. The van der Waals surface area contributed by atoms with Gasteiger partial charge in [-0.1, -0.05) is 70.6 Å². The molecule has 1 fully saturated rings. The van der Waals surface area contributed by atoms with E-state index < -0.39 is 0 Å². The van der Waals surface area contributed by atoms with Gasteiger partial charge in [-0.2, -0.15) is 0 Å². The van der Waals surface area contributed by atoms with Crippen molar-refractivity contribution >= 4 is 0 Å². The van der Waals surface area contributed by atoms with E-state index in [2.05, 4.69) is 32.0 Å². The van der Waals surface area contributed by atoms with E-state index in [9.17, 15) is 0 Å². The molecule has 122 valence electrons. The topological polar surface area (TPSA) is 0 Å². The quantitative estimate of drug-likeness (QED) is 0.538. The van der Waals surface area contributed by atoms with E-state index in [0.717, 1.165) is 5.92 Å². The predicted molar refractivity (Wildman–Crippen MR) is 96.5 cm³/mol. The monoisotopic (exact) mass is 298 g/mol. The molecule has 0 nitrogen and oxygen atoms in total. The fourth-order valence-electron chi connectivity index (χ4n) is 4.89. The van der Waals surface area contributed by atoms with Gasteiger partial charge in [-0.05, 0) is 66.5 Å². The van der Waals surface area contributed by atoms with E-state index in [-0.39, 0.29) is 0 Å². The van der Waals surface area contributed by atoms with Gasteiger partial charge >= 0.3 is 0 Å². The number of benzene rings is 1. The Bertz CT molecular complexity index is 479. The van der Waals surface area contributed by atoms with Crippen LogP contribution in [0.5, 0.6) is 0 Å². The standard InChI is InChI=1S/C22H34/c1-3-4-6-13-22(14-7-5-8-15-22)21-12-11-19-16-18(2)9-10-20(19)17-21/h11-12,17-18H,3-10,13-16H2,1-2H3. The summed E-state index contributed by atoms with van der Waals surface area (Å²) in [6.45, 7) is 4.73. The molecule has 2 aliphatic rings. The van der Waals surface area contributed by atoms with Crippen LogP contribution in [0.4, 0.5) is 0 Å². The maximum atomic E-state index is 2.62. The van der Waals surface area contributed by atoms with Crippen molar-refractivity contribution in [2.45, 2.75) is 96.3 Å². The zero-order valence-electron chi connectivity index (χ0n) is 14.8. The van der Waals surface area contributed by atoms with Gasteiger partial charge in [0, 0.05) is 0 Å². The van der Waals surface area contributed by atoms with Crippen molar-refractivity contribution in [1.82, 2.24) is 0 Å². The smallest absolute Gasteiger partial charge is 0.00469 e. The summed E-state index contributed by atoms with van der Waals surface area (Å²) in [5.74, 6) is 0.881. The minimum absolute atomic E-state index is 0.519. The Morgan fingerprint density at radius 3 is 2.64 bits per heavy atom. The number of hydrogen-bond acceptors (Lipinski definition) is 0. The summed E-state index contributed by atoms with van der Waals surface area (Å²) >= 11 is 0. The Hall–Kier alpha value is -0.780. The molecule has 0 amide bonds. The van der Waals surface area contributed by atoms with Gasteiger partial charge in [0.05, 0.1) is 0 Å². The molecule has 0 N–H and O–H groups in total. The fourth-order valence-corrected chi connectivity index (χ4v) is 4.89. The Balaban J connectivity index is 1.84. The van der Waals surface area contributed by atoms with E-state index in [0.29, 0.717) is 5.41 Å². The average molecular weight is 299 g/mol. The summed E-state index contributed by atoms with van der Waals surface area (Å²) in [4.78, 5) is 0. The van der Waals surface area contributed by atoms with Crippen LogP contribution in [0.3, 0.4) is 0 Å². The van der Waals surface area contributed by atoms with Crippen molar-refractivity contribution in [1.29, 1.82) is 0 Å². The first-order valence-corrected chi connectivity index (χ1v) is 9.86. The number of rotatable bonds is 5. The maximum Gasteiger partial charge on any atom is -0.00469 e. The third-order valence-corrected chi connectivity index (χ3v) is 6.36. The van der Waals surface area contributed by atoms with Gasteiger partial charge in [-0.3, -0.25) is 0 Å². The van der Waals surface area contributed by atoms with Crippen LogP contribution in [0.2, 0.25) is 0 Å². The van der Waals surface area contributed by atoms with Crippen molar-refractivity contribution in [2.24, 2.45) is 5.92 Å². The highest BCUT2D eigenvalue weighted by atomic mass is 14.4. The maximum absolute atomic E-state index is 2.62. The molecule has 22 heavy (non-hydrogen) atoms. The zero-order valence-corrected chi connectivity index (χ0v) is 14.8. The number of aryl methyl sites for hydroxylation is 1. The van der Waals surface area contributed by atoms with Gasteiger partial charge in [0.25, 0.3) is 0 Å². The van der Waals surface area contributed by atoms with Crippen LogP contribution in [0.15, 0.2) is 18.2 Å².